The van der Waals surface area contributed by atoms with Gasteiger partial charge in [-0.05, 0) is 25.7 Å². The lowest BCUT2D eigenvalue weighted by Gasteiger charge is -2.08. The van der Waals surface area contributed by atoms with E-state index in [2.05, 4.69) is 31.5 Å². The zero-order chi connectivity index (χ0) is 14.5. The van der Waals surface area contributed by atoms with Gasteiger partial charge in [0.25, 0.3) is 0 Å². The molecule has 0 radical (unpaired) electrons. The minimum Gasteiger partial charge on any atom is -0.481 e. The average molecular weight is 261 g/mol. The molecular weight excluding hydrogens is 234 g/mol. The maximum Gasteiger partial charge on any atom is 0.184 e. The van der Waals surface area contributed by atoms with Crippen molar-refractivity contribution in [2.45, 2.75) is 40.5 Å². The summed E-state index contributed by atoms with van der Waals surface area (Å²) in [7, 11) is 0. The Morgan fingerprint density at radius 2 is 1.89 bits per heavy atom. The molecule has 19 heavy (non-hydrogen) atoms. The highest BCUT2D eigenvalue weighted by Gasteiger charge is 1.97. The number of nitrogens with zero attached hydrogens (tertiary/aromatic N) is 1. The highest BCUT2D eigenvalue weighted by atomic mass is 16.5. The van der Waals surface area contributed by atoms with E-state index in [1.165, 1.54) is 0 Å². The maximum atomic E-state index is 5.50. The fourth-order valence-corrected chi connectivity index (χ4v) is 1.26. The van der Waals surface area contributed by atoms with Crippen LogP contribution in [0.25, 0.3) is 0 Å². The van der Waals surface area contributed by atoms with Crippen molar-refractivity contribution in [3.05, 3.63) is 48.7 Å². The van der Waals surface area contributed by atoms with Gasteiger partial charge in [0.05, 0.1) is 6.61 Å². The molecule has 0 atom stereocenters. The lowest BCUT2D eigenvalue weighted by Crippen LogP contribution is -2.06. The van der Waals surface area contributed by atoms with Gasteiger partial charge in [0.15, 0.2) is 5.90 Å². The van der Waals surface area contributed by atoms with Gasteiger partial charge in [0.2, 0.25) is 0 Å². The molecule has 0 aromatic rings. The summed E-state index contributed by atoms with van der Waals surface area (Å²) in [6.07, 6.45) is 14.0. The fraction of sp³-hybridized carbons (Fsp3) is 0.471. The first-order valence-corrected chi connectivity index (χ1v) is 6.86. The quantitative estimate of drug-likeness (QED) is 0.340. The Balaban J connectivity index is 3.88. The Morgan fingerprint density at radius 1 is 1.21 bits per heavy atom. The van der Waals surface area contributed by atoms with Gasteiger partial charge in [-0.1, -0.05) is 56.9 Å². The van der Waals surface area contributed by atoms with Crippen LogP contribution in [-0.2, 0) is 4.74 Å². The monoisotopic (exact) mass is 261 g/mol. The van der Waals surface area contributed by atoms with E-state index in [0.29, 0.717) is 18.4 Å². The van der Waals surface area contributed by atoms with Crippen molar-refractivity contribution in [3.63, 3.8) is 0 Å². The predicted molar refractivity (Wildman–Crippen MR) is 85.4 cm³/mol. The zero-order valence-electron chi connectivity index (χ0n) is 12.7. The van der Waals surface area contributed by atoms with Crippen LogP contribution in [0.4, 0.5) is 0 Å². The highest BCUT2D eigenvalue weighted by molar-refractivity contribution is 5.74. The second-order valence-corrected chi connectivity index (χ2v) is 4.78. The molecule has 0 unspecified atom stereocenters. The first-order chi connectivity index (χ1) is 9.06. The van der Waals surface area contributed by atoms with Gasteiger partial charge in [-0.15, -0.1) is 0 Å². The largest absolute Gasteiger partial charge is 0.481 e. The van der Waals surface area contributed by atoms with Crippen LogP contribution in [0.15, 0.2) is 53.7 Å². The minimum atomic E-state index is 0.519. The Kier molecular flexibility index (Phi) is 10.6. The van der Waals surface area contributed by atoms with E-state index in [0.717, 1.165) is 18.5 Å². The van der Waals surface area contributed by atoms with E-state index in [1.54, 1.807) is 0 Å². The lowest BCUT2D eigenvalue weighted by atomic mass is 10.2. The summed E-state index contributed by atoms with van der Waals surface area (Å²) in [5.41, 5.74) is 0.864. The van der Waals surface area contributed by atoms with E-state index >= 15 is 0 Å². The summed E-state index contributed by atoms with van der Waals surface area (Å²) in [6.45, 7) is 12.8. The Morgan fingerprint density at radius 3 is 2.53 bits per heavy atom. The van der Waals surface area contributed by atoms with Crippen molar-refractivity contribution in [3.8, 4) is 0 Å². The van der Waals surface area contributed by atoms with Crippen LogP contribution in [0.5, 0.6) is 0 Å². The fourth-order valence-electron chi connectivity index (χ4n) is 1.26. The van der Waals surface area contributed by atoms with E-state index in [-0.39, 0.29) is 0 Å². The van der Waals surface area contributed by atoms with Crippen molar-refractivity contribution < 1.29 is 4.74 Å². The standard InChI is InChI=1S/C17H27NO/c1-6-7-8-9-10-11-12-13-16(4)18-17(5)19-14-15(2)3/h6-11,15H,4,12-14H2,1-3,5H3/b7-6-,9-8-,11-10?,18-17?. The van der Waals surface area contributed by atoms with Gasteiger partial charge < -0.3 is 4.74 Å². The molecule has 0 spiro atoms. The van der Waals surface area contributed by atoms with Gasteiger partial charge in [0, 0.05) is 12.6 Å². The maximum absolute atomic E-state index is 5.50. The molecule has 0 bridgehead atoms. The predicted octanol–water partition coefficient (Wildman–Crippen LogP) is 5.06. The van der Waals surface area contributed by atoms with E-state index in [1.807, 2.05) is 44.2 Å². The third kappa shape index (κ3) is 12.7. The van der Waals surface area contributed by atoms with Crippen LogP contribution in [0, 0.1) is 5.92 Å². The second-order valence-electron chi connectivity index (χ2n) is 4.78. The van der Waals surface area contributed by atoms with E-state index in [9.17, 15) is 0 Å². The molecule has 0 N–H and O–H groups in total. The molecule has 0 aliphatic carbocycles. The zero-order valence-corrected chi connectivity index (χ0v) is 12.7. The first-order valence-electron chi connectivity index (χ1n) is 6.86. The summed E-state index contributed by atoms with van der Waals surface area (Å²) >= 11 is 0. The molecular formula is C17H27NO. The number of ether oxygens (including phenoxy) is 1. The van der Waals surface area contributed by atoms with Gasteiger partial charge in [0.1, 0.15) is 0 Å². The number of allylic oxidation sites excluding steroid dienone is 7. The third-order valence-electron chi connectivity index (χ3n) is 2.20. The van der Waals surface area contributed by atoms with Crippen LogP contribution in [0.3, 0.4) is 0 Å². The Bertz CT molecular complexity index is 359. The van der Waals surface area contributed by atoms with Crippen molar-refractivity contribution in [1.82, 2.24) is 0 Å². The van der Waals surface area contributed by atoms with E-state index in [4.69, 9.17) is 4.74 Å². The summed E-state index contributed by atoms with van der Waals surface area (Å²) in [5, 5.41) is 0. The van der Waals surface area contributed by atoms with Gasteiger partial charge >= 0.3 is 0 Å². The van der Waals surface area contributed by atoms with Gasteiger partial charge in [-0.2, -0.15) is 0 Å². The highest BCUT2D eigenvalue weighted by Crippen LogP contribution is 2.06. The molecule has 0 saturated carbocycles. The van der Waals surface area contributed by atoms with Crippen LogP contribution in [0.1, 0.15) is 40.5 Å². The summed E-state index contributed by atoms with van der Waals surface area (Å²) < 4.78 is 5.50. The number of aliphatic imine (C=N–C) groups is 1. The van der Waals surface area contributed by atoms with Crippen LogP contribution >= 0.6 is 0 Å². The van der Waals surface area contributed by atoms with Gasteiger partial charge in [-0.3, -0.25) is 0 Å². The first kappa shape index (κ1) is 17.4. The average Bonchev–Trinajstić information content (AvgIpc) is 2.35. The van der Waals surface area contributed by atoms with Crippen LogP contribution in [0.2, 0.25) is 0 Å². The molecule has 0 saturated heterocycles. The summed E-state index contributed by atoms with van der Waals surface area (Å²) in [5.74, 6) is 1.22. The molecule has 0 fully saturated rings. The molecule has 2 nitrogen and oxygen atoms in total. The molecule has 0 aromatic carbocycles. The van der Waals surface area contributed by atoms with Crippen molar-refractivity contribution >= 4 is 5.90 Å². The normalized spacial score (nSPS) is 13.2. The third-order valence-corrected chi connectivity index (χ3v) is 2.20. The van der Waals surface area contributed by atoms with Crippen LogP contribution < -0.4 is 0 Å². The smallest absolute Gasteiger partial charge is 0.184 e. The second kappa shape index (κ2) is 11.5. The molecule has 0 amide bonds. The van der Waals surface area contributed by atoms with E-state index < -0.39 is 0 Å². The van der Waals surface area contributed by atoms with Crippen molar-refractivity contribution in [2.75, 3.05) is 6.61 Å². The number of hydrogen-bond donors (Lipinski definition) is 0. The lowest BCUT2D eigenvalue weighted by molar-refractivity contribution is 0.256. The molecule has 0 aliphatic heterocycles. The molecule has 0 rings (SSSR count). The molecule has 0 heterocycles. The SMILES string of the molecule is C=C(CCC=C/C=C\C=C/C)N=C(C)OCC(C)C. The minimum absolute atomic E-state index is 0.519. The molecule has 2 heteroatoms. The Labute approximate surface area is 118 Å². The molecule has 106 valence electrons. The Hall–Kier alpha value is -1.57. The molecule has 0 aromatic heterocycles. The van der Waals surface area contributed by atoms with Crippen molar-refractivity contribution in [1.29, 1.82) is 0 Å². The number of hydrogen-bond acceptors (Lipinski definition) is 2. The summed E-state index contributed by atoms with van der Waals surface area (Å²) in [4.78, 5) is 4.33. The summed E-state index contributed by atoms with van der Waals surface area (Å²) in [6, 6.07) is 0. The topological polar surface area (TPSA) is 21.6 Å². The molecule has 0 aliphatic rings. The van der Waals surface area contributed by atoms with Gasteiger partial charge in [-0.25, -0.2) is 4.99 Å². The number of rotatable bonds is 8. The van der Waals surface area contributed by atoms with Crippen LogP contribution in [-0.4, -0.2) is 12.5 Å². The van der Waals surface area contributed by atoms with Crippen molar-refractivity contribution in [2.24, 2.45) is 10.9 Å².